The molecular weight excluding hydrogens is 264 g/mol. The third-order valence-electron chi connectivity index (χ3n) is 4.01. The lowest BCUT2D eigenvalue weighted by atomic mass is 10.0. The molecule has 20 heavy (non-hydrogen) atoms. The molecule has 1 N–H and O–H groups in total. The van der Waals surface area contributed by atoms with E-state index in [0.29, 0.717) is 5.82 Å². The van der Waals surface area contributed by atoms with Crippen LogP contribution in [0, 0.1) is 17.4 Å². The second kappa shape index (κ2) is 6.07. The highest BCUT2D eigenvalue weighted by Crippen LogP contribution is 2.35. The first-order valence-corrected chi connectivity index (χ1v) is 10.1. The minimum absolute atomic E-state index is 0.155. The van der Waals surface area contributed by atoms with Crippen LogP contribution in [0.2, 0.25) is 18.1 Å². The van der Waals surface area contributed by atoms with E-state index in [1.54, 1.807) is 12.4 Å². The maximum absolute atomic E-state index is 9.95. The number of rotatable bonds is 2. The Labute approximate surface area is 123 Å². The number of hydrogen-bond acceptors (Lipinski definition) is 3. The van der Waals surface area contributed by atoms with Gasteiger partial charge in [-0.2, -0.15) is 0 Å². The van der Waals surface area contributed by atoms with Crippen LogP contribution < -0.4 is 0 Å². The smallest absolute Gasteiger partial charge is 0.204 e. The average Bonchev–Trinajstić information content (AvgIpc) is 2.34. The van der Waals surface area contributed by atoms with Gasteiger partial charge in [0.15, 0.2) is 0 Å². The van der Waals surface area contributed by atoms with Crippen LogP contribution in [0.4, 0.5) is 0 Å². The van der Waals surface area contributed by atoms with E-state index in [4.69, 9.17) is 0 Å². The number of hydrogen-bond donors (Lipinski definition) is 1. The van der Waals surface area contributed by atoms with Crippen LogP contribution in [0.25, 0.3) is 0 Å². The van der Waals surface area contributed by atoms with Gasteiger partial charge in [-0.25, -0.2) is 9.97 Å². The van der Waals surface area contributed by atoms with E-state index in [1.165, 1.54) is 0 Å². The normalized spacial score (nSPS) is 13.8. The maximum Gasteiger partial charge on any atom is 0.204 e. The third kappa shape index (κ3) is 4.16. The highest BCUT2D eigenvalue weighted by atomic mass is 28.3. The summed E-state index contributed by atoms with van der Waals surface area (Å²) >= 11 is 0. The molecule has 1 aromatic rings. The average molecular weight is 290 g/mol. The van der Waals surface area contributed by atoms with Crippen molar-refractivity contribution in [1.82, 2.24) is 9.97 Å². The monoisotopic (exact) mass is 290 g/mol. The first-order valence-electron chi connectivity index (χ1n) is 7.08. The standard InChI is InChI=1S/C16H26N2OSi/c1-12(2)15(19)13-10-17-14(18-11-13)8-9-20(6,7)16(3,4)5/h10-12,15,19H,1-7H3. The number of aromatic nitrogens is 2. The maximum atomic E-state index is 9.95. The summed E-state index contributed by atoms with van der Waals surface area (Å²) in [7, 11) is -1.63. The molecule has 3 nitrogen and oxygen atoms in total. The molecule has 1 aromatic heterocycles. The molecule has 0 saturated heterocycles. The predicted molar refractivity (Wildman–Crippen MR) is 85.9 cm³/mol. The Kier molecular flexibility index (Phi) is 5.12. The van der Waals surface area contributed by atoms with E-state index < -0.39 is 14.2 Å². The fourth-order valence-corrected chi connectivity index (χ4v) is 2.14. The van der Waals surface area contributed by atoms with Gasteiger partial charge in [-0.15, -0.1) is 5.54 Å². The molecule has 110 valence electrons. The van der Waals surface area contributed by atoms with Crippen molar-refractivity contribution in [2.24, 2.45) is 5.92 Å². The third-order valence-corrected chi connectivity index (χ3v) is 8.51. The summed E-state index contributed by atoms with van der Waals surface area (Å²) in [5.41, 5.74) is 4.14. The molecule has 0 amide bonds. The van der Waals surface area contributed by atoms with Gasteiger partial charge in [0, 0.05) is 18.0 Å². The fourth-order valence-electron chi connectivity index (χ4n) is 1.34. The van der Waals surface area contributed by atoms with Crippen molar-refractivity contribution in [2.75, 3.05) is 0 Å². The second-order valence-electron chi connectivity index (χ2n) is 7.15. The lowest BCUT2D eigenvalue weighted by Gasteiger charge is -2.31. The Balaban J connectivity index is 2.92. The van der Waals surface area contributed by atoms with E-state index in [2.05, 4.69) is 55.3 Å². The van der Waals surface area contributed by atoms with Crippen LogP contribution in [-0.4, -0.2) is 23.1 Å². The van der Waals surface area contributed by atoms with Crippen molar-refractivity contribution in [2.45, 2.75) is 58.9 Å². The van der Waals surface area contributed by atoms with Crippen LogP contribution in [0.5, 0.6) is 0 Å². The summed E-state index contributed by atoms with van der Waals surface area (Å²) in [5, 5.41) is 10.2. The molecule has 0 spiro atoms. The van der Waals surface area contributed by atoms with Crippen LogP contribution in [0.15, 0.2) is 12.4 Å². The van der Waals surface area contributed by atoms with E-state index in [0.717, 1.165) is 5.56 Å². The Morgan fingerprint density at radius 1 is 1.15 bits per heavy atom. The van der Waals surface area contributed by atoms with Gasteiger partial charge in [0.2, 0.25) is 5.82 Å². The molecule has 0 bridgehead atoms. The lowest BCUT2D eigenvalue weighted by Crippen LogP contribution is -2.35. The molecule has 0 aliphatic rings. The molecule has 4 heteroatoms. The number of nitrogens with zero attached hydrogens (tertiary/aromatic N) is 2. The van der Waals surface area contributed by atoms with Gasteiger partial charge in [-0.3, -0.25) is 0 Å². The van der Waals surface area contributed by atoms with Crippen LogP contribution in [0.1, 0.15) is 52.1 Å². The Bertz CT molecular complexity index is 504. The number of aliphatic hydroxyl groups is 1. The van der Waals surface area contributed by atoms with Gasteiger partial charge >= 0.3 is 0 Å². The van der Waals surface area contributed by atoms with E-state index in [-0.39, 0.29) is 11.0 Å². The fraction of sp³-hybridized carbons (Fsp3) is 0.625. The van der Waals surface area contributed by atoms with Gasteiger partial charge in [0.1, 0.15) is 8.07 Å². The molecule has 1 atom stereocenters. The zero-order chi connectivity index (χ0) is 15.6. The largest absolute Gasteiger partial charge is 0.388 e. The van der Waals surface area contributed by atoms with Gasteiger partial charge in [-0.1, -0.05) is 47.7 Å². The molecule has 0 fully saturated rings. The van der Waals surface area contributed by atoms with Crippen molar-refractivity contribution < 1.29 is 5.11 Å². The first-order chi connectivity index (χ1) is 9.04. The van der Waals surface area contributed by atoms with Gasteiger partial charge < -0.3 is 5.11 Å². The molecule has 0 saturated carbocycles. The molecule has 1 unspecified atom stereocenters. The van der Waals surface area contributed by atoms with Crippen molar-refractivity contribution >= 4 is 8.07 Å². The Hall–Kier alpha value is -1.18. The second-order valence-corrected chi connectivity index (χ2v) is 12.2. The highest BCUT2D eigenvalue weighted by molar-refractivity contribution is 6.87. The first kappa shape index (κ1) is 16.9. The number of aliphatic hydroxyl groups excluding tert-OH is 1. The molecule has 0 radical (unpaired) electrons. The summed E-state index contributed by atoms with van der Waals surface area (Å²) < 4.78 is 0. The molecule has 1 rings (SSSR count). The predicted octanol–water partition coefficient (Wildman–Crippen LogP) is 3.57. The molecule has 0 aliphatic heterocycles. The van der Waals surface area contributed by atoms with Crippen LogP contribution in [0.3, 0.4) is 0 Å². The van der Waals surface area contributed by atoms with Crippen LogP contribution >= 0.6 is 0 Å². The van der Waals surface area contributed by atoms with E-state index >= 15 is 0 Å². The van der Waals surface area contributed by atoms with E-state index in [9.17, 15) is 5.11 Å². The SMILES string of the molecule is CC(C)C(O)c1cnc(C#C[Si](C)(C)C(C)(C)C)nc1. The van der Waals surface area contributed by atoms with Gasteiger partial charge in [-0.05, 0) is 16.9 Å². The summed E-state index contributed by atoms with van der Waals surface area (Å²) in [6.07, 6.45) is 2.83. The highest BCUT2D eigenvalue weighted by Gasteiger charge is 2.33. The molecule has 0 aromatic carbocycles. The topological polar surface area (TPSA) is 46.0 Å². The van der Waals surface area contributed by atoms with Crippen LogP contribution in [-0.2, 0) is 0 Å². The molecular formula is C16H26N2OSi. The summed E-state index contributed by atoms with van der Waals surface area (Å²) in [6, 6.07) is 0. The van der Waals surface area contributed by atoms with Crippen molar-refractivity contribution in [3.05, 3.63) is 23.8 Å². The quantitative estimate of drug-likeness (QED) is 0.669. The van der Waals surface area contributed by atoms with E-state index in [1.807, 2.05) is 13.8 Å². The molecule has 0 aliphatic carbocycles. The Morgan fingerprint density at radius 2 is 1.65 bits per heavy atom. The zero-order valence-corrected chi connectivity index (χ0v) is 14.7. The molecule has 1 heterocycles. The summed E-state index contributed by atoms with van der Waals surface area (Å²) in [6.45, 7) is 15.2. The minimum Gasteiger partial charge on any atom is -0.388 e. The minimum atomic E-state index is -1.63. The Morgan fingerprint density at radius 3 is 2.05 bits per heavy atom. The summed E-state index contributed by atoms with van der Waals surface area (Å²) in [5.74, 6) is 3.79. The van der Waals surface area contributed by atoms with Crippen molar-refractivity contribution in [3.63, 3.8) is 0 Å². The lowest BCUT2D eigenvalue weighted by molar-refractivity contribution is 0.126. The van der Waals surface area contributed by atoms with Gasteiger partial charge in [0.05, 0.1) is 6.10 Å². The van der Waals surface area contributed by atoms with Crippen molar-refractivity contribution in [3.8, 4) is 11.5 Å². The van der Waals surface area contributed by atoms with Crippen molar-refractivity contribution in [1.29, 1.82) is 0 Å². The zero-order valence-electron chi connectivity index (χ0n) is 13.7. The summed E-state index contributed by atoms with van der Waals surface area (Å²) in [4.78, 5) is 8.49. The van der Waals surface area contributed by atoms with Gasteiger partial charge in [0.25, 0.3) is 0 Å².